The van der Waals surface area contributed by atoms with E-state index < -0.39 is 5.97 Å². The van der Waals surface area contributed by atoms with Crippen LogP contribution in [0.5, 0.6) is 0 Å². The predicted molar refractivity (Wildman–Crippen MR) is 60.5 cm³/mol. The fraction of sp³-hybridized carbons (Fsp3) is 0.250. The molecule has 0 bridgehead atoms. The van der Waals surface area contributed by atoms with Crippen LogP contribution >= 0.6 is 0 Å². The van der Waals surface area contributed by atoms with Gasteiger partial charge in [0.25, 0.3) is 0 Å². The lowest BCUT2D eigenvalue weighted by molar-refractivity contribution is 0.0698. The molecule has 0 saturated heterocycles. The Morgan fingerprint density at radius 3 is 2.94 bits per heavy atom. The maximum Gasteiger partial charge on any atom is 0.338 e. The van der Waals surface area contributed by atoms with Crippen molar-refractivity contribution in [2.24, 2.45) is 0 Å². The van der Waals surface area contributed by atoms with Gasteiger partial charge in [-0.25, -0.2) is 4.79 Å². The van der Waals surface area contributed by atoms with Gasteiger partial charge in [-0.2, -0.15) is 10.2 Å². The van der Waals surface area contributed by atoms with Crippen LogP contribution in [0.2, 0.25) is 0 Å². The Balaban J connectivity index is 2.76. The van der Waals surface area contributed by atoms with Gasteiger partial charge in [-0.05, 0) is 18.1 Å². The van der Waals surface area contributed by atoms with E-state index in [-0.39, 0.29) is 5.56 Å². The first-order valence-electron chi connectivity index (χ1n) is 5.20. The van der Waals surface area contributed by atoms with Crippen LogP contribution in [-0.2, 0) is 6.42 Å². The number of benzene rings is 1. The smallest absolute Gasteiger partial charge is 0.338 e. The molecule has 16 heavy (non-hydrogen) atoms. The van der Waals surface area contributed by atoms with Crippen molar-refractivity contribution in [3.63, 3.8) is 0 Å². The highest BCUT2D eigenvalue weighted by molar-refractivity contribution is 6.03. The van der Waals surface area contributed by atoms with Crippen molar-refractivity contribution in [3.8, 4) is 0 Å². The predicted octanol–water partition coefficient (Wildman–Crippen LogP) is 2.28. The number of hydrogen-bond donors (Lipinski definition) is 1. The van der Waals surface area contributed by atoms with E-state index in [2.05, 4.69) is 17.1 Å². The largest absolute Gasteiger partial charge is 0.478 e. The normalized spacial score (nSPS) is 10.6. The zero-order valence-corrected chi connectivity index (χ0v) is 8.97. The molecular formula is C12H12N2O2. The lowest BCUT2D eigenvalue weighted by atomic mass is 10.0. The summed E-state index contributed by atoms with van der Waals surface area (Å²) in [6, 6.07) is 5.61. The van der Waals surface area contributed by atoms with Crippen molar-refractivity contribution in [1.29, 1.82) is 0 Å². The number of aromatic nitrogens is 2. The Morgan fingerprint density at radius 1 is 1.44 bits per heavy atom. The Labute approximate surface area is 92.9 Å². The van der Waals surface area contributed by atoms with Crippen molar-refractivity contribution in [3.05, 3.63) is 35.5 Å². The Hall–Kier alpha value is -1.97. The zero-order valence-electron chi connectivity index (χ0n) is 8.97. The van der Waals surface area contributed by atoms with Crippen LogP contribution in [0.25, 0.3) is 10.9 Å². The molecule has 82 valence electrons. The van der Waals surface area contributed by atoms with Crippen molar-refractivity contribution in [1.82, 2.24) is 10.2 Å². The van der Waals surface area contributed by atoms with E-state index in [4.69, 9.17) is 5.11 Å². The summed E-state index contributed by atoms with van der Waals surface area (Å²) in [5.74, 6) is -0.955. The molecule has 1 N–H and O–H groups in total. The molecule has 0 amide bonds. The first-order valence-corrected chi connectivity index (χ1v) is 5.20. The number of rotatable bonds is 3. The molecule has 4 nitrogen and oxygen atoms in total. The van der Waals surface area contributed by atoms with Crippen LogP contribution in [-0.4, -0.2) is 21.3 Å². The summed E-state index contributed by atoms with van der Waals surface area (Å²) in [4.78, 5) is 11.1. The molecular weight excluding hydrogens is 204 g/mol. The quantitative estimate of drug-likeness (QED) is 0.854. The van der Waals surface area contributed by atoms with Gasteiger partial charge < -0.3 is 5.11 Å². The minimum Gasteiger partial charge on any atom is -0.478 e. The molecule has 0 aliphatic rings. The third-order valence-corrected chi connectivity index (χ3v) is 2.50. The summed E-state index contributed by atoms with van der Waals surface area (Å²) >= 11 is 0. The minimum absolute atomic E-state index is 0.231. The lowest BCUT2D eigenvalue weighted by Crippen LogP contribution is -2.02. The van der Waals surface area contributed by atoms with Crippen molar-refractivity contribution >= 4 is 16.9 Å². The van der Waals surface area contributed by atoms with Gasteiger partial charge in [-0.15, -0.1) is 0 Å². The maximum absolute atomic E-state index is 11.1. The molecule has 1 aromatic carbocycles. The highest BCUT2D eigenvalue weighted by Crippen LogP contribution is 2.21. The van der Waals surface area contributed by atoms with Gasteiger partial charge in [0.2, 0.25) is 0 Å². The molecule has 0 aliphatic carbocycles. The van der Waals surface area contributed by atoms with E-state index in [9.17, 15) is 4.79 Å². The summed E-state index contributed by atoms with van der Waals surface area (Å²) in [5, 5.41) is 17.5. The zero-order chi connectivity index (χ0) is 11.5. The van der Waals surface area contributed by atoms with Crippen LogP contribution in [0.15, 0.2) is 24.4 Å². The molecule has 0 atom stereocenters. The topological polar surface area (TPSA) is 63.1 Å². The summed E-state index contributed by atoms with van der Waals surface area (Å²) < 4.78 is 0. The number of nitrogens with zero attached hydrogens (tertiary/aromatic N) is 2. The number of carboxylic acid groups (broad SMARTS) is 1. The Bertz CT molecular complexity index is 532. The van der Waals surface area contributed by atoms with Gasteiger partial charge in [-0.1, -0.05) is 25.5 Å². The van der Waals surface area contributed by atoms with E-state index in [1.807, 2.05) is 12.1 Å². The molecule has 4 heteroatoms. The van der Waals surface area contributed by atoms with Gasteiger partial charge in [0.05, 0.1) is 17.3 Å². The molecule has 0 saturated carbocycles. The third kappa shape index (κ3) is 1.74. The summed E-state index contributed by atoms with van der Waals surface area (Å²) in [6.07, 6.45) is 3.13. The SMILES string of the molecule is CCCc1cccc2nncc(C(=O)O)c12. The molecule has 1 aromatic heterocycles. The fourth-order valence-electron chi connectivity index (χ4n) is 1.83. The molecule has 0 unspecified atom stereocenters. The Morgan fingerprint density at radius 2 is 2.25 bits per heavy atom. The van der Waals surface area contributed by atoms with E-state index in [1.54, 1.807) is 6.07 Å². The van der Waals surface area contributed by atoms with Crippen LogP contribution in [0.1, 0.15) is 29.3 Å². The van der Waals surface area contributed by atoms with Crippen molar-refractivity contribution in [2.75, 3.05) is 0 Å². The molecule has 2 aromatic rings. The van der Waals surface area contributed by atoms with Gasteiger partial charge in [0.15, 0.2) is 0 Å². The number of hydrogen-bond acceptors (Lipinski definition) is 3. The van der Waals surface area contributed by atoms with Crippen LogP contribution < -0.4 is 0 Å². The second-order valence-corrected chi connectivity index (χ2v) is 3.62. The molecule has 0 radical (unpaired) electrons. The van der Waals surface area contributed by atoms with Gasteiger partial charge >= 0.3 is 5.97 Å². The standard InChI is InChI=1S/C12H12N2O2/c1-2-4-8-5-3-6-10-11(8)9(12(15)16)7-13-14-10/h3,5-7H,2,4H2,1H3,(H,15,16). The van der Waals surface area contributed by atoms with E-state index in [1.165, 1.54) is 6.20 Å². The summed E-state index contributed by atoms with van der Waals surface area (Å²) in [6.45, 7) is 2.06. The fourth-order valence-corrected chi connectivity index (χ4v) is 1.83. The molecule has 1 heterocycles. The number of aryl methyl sites for hydroxylation is 1. The van der Waals surface area contributed by atoms with E-state index in [0.29, 0.717) is 10.9 Å². The van der Waals surface area contributed by atoms with Gasteiger partial charge in [0.1, 0.15) is 0 Å². The number of carboxylic acids is 1. The van der Waals surface area contributed by atoms with Gasteiger partial charge in [0, 0.05) is 5.39 Å². The number of fused-ring (bicyclic) bond motifs is 1. The second kappa shape index (κ2) is 4.26. The van der Waals surface area contributed by atoms with Crippen molar-refractivity contribution in [2.45, 2.75) is 19.8 Å². The molecule has 0 aliphatic heterocycles. The van der Waals surface area contributed by atoms with E-state index in [0.717, 1.165) is 18.4 Å². The molecule has 2 rings (SSSR count). The summed E-state index contributed by atoms with van der Waals surface area (Å²) in [5.41, 5.74) is 1.90. The van der Waals surface area contributed by atoms with Crippen LogP contribution in [0, 0.1) is 0 Å². The monoisotopic (exact) mass is 216 g/mol. The lowest BCUT2D eigenvalue weighted by Gasteiger charge is -2.06. The van der Waals surface area contributed by atoms with E-state index >= 15 is 0 Å². The summed E-state index contributed by atoms with van der Waals surface area (Å²) in [7, 11) is 0. The number of aromatic carboxylic acids is 1. The van der Waals surface area contributed by atoms with Crippen LogP contribution in [0.3, 0.4) is 0 Å². The highest BCUT2D eigenvalue weighted by Gasteiger charge is 2.12. The molecule has 0 spiro atoms. The van der Waals surface area contributed by atoms with Crippen molar-refractivity contribution < 1.29 is 9.90 Å². The average molecular weight is 216 g/mol. The Kier molecular flexibility index (Phi) is 2.81. The maximum atomic E-state index is 11.1. The second-order valence-electron chi connectivity index (χ2n) is 3.62. The third-order valence-electron chi connectivity index (χ3n) is 2.50. The highest BCUT2D eigenvalue weighted by atomic mass is 16.4. The van der Waals surface area contributed by atoms with Gasteiger partial charge in [-0.3, -0.25) is 0 Å². The first-order chi connectivity index (χ1) is 7.74. The number of carbonyl (C=O) groups is 1. The molecule has 0 fully saturated rings. The average Bonchev–Trinajstić information content (AvgIpc) is 2.29. The minimum atomic E-state index is -0.955. The van der Waals surface area contributed by atoms with Crippen LogP contribution in [0.4, 0.5) is 0 Å². The first kappa shape index (κ1) is 10.5.